The number of benzene rings is 1. The molecule has 0 aliphatic carbocycles. The summed E-state index contributed by atoms with van der Waals surface area (Å²) < 4.78 is 42.1. The molecule has 1 unspecified atom stereocenters. The zero-order chi connectivity index (χ0) is 26.1. The number of aryl methyl sites for hydroxylation is 1. The molecule has 13 heteroatoms. The van der Waals surface area contributed by atoms with Crippen molar-refractivity contribution in [2.45, 2.75) is 45.4 Å². The van der Waals surface area contributed by atoms with Crippen molar-refractivity contribution in [1.82, 2.24) is 14.8 Å². The van der Waals surface area contributed by atoms with Gasteiger partial charge in [-0.3, -0.25) is 10.00 Å². The highest BCUT2D eigenvalue weighted by atomic mass is 19.3. The van der Waals surface area contributed by atoms with Crippen LogP contribution in [0.3, 0.4) is 0 Å². The Labute approximate surface area is 205 Å². The first kappa shape index (κ1) is 25.0. The first-order valence-corrected chi connectivity index (χ1v) is 10.9. The minimum absolute atomic E-state index is 0.0957. The molecule has 11 nitrogen and oxygen atoms in total. The van der Waals surface area contributed by atoms with Crippen LogP contribution in [-0.2, 0) is 18.3 Å². The number of anilines is 3. The largest absolute Gasteiger partial charge is 0.586 e. The van der Waals surface area contributed by atoms with Gasteiger partial charge < -0.3 is 30.0 Å². The standard InChI is InChI=1S/C23H26F2N6O5/c1-22(2,3)36-21(33)30-18-9-13(7-8-26-18)11-27-19-15(12-28-31(19)4)20(32)29-14-5-6-16-17(10-14)35-23(24,25)34-16/h5-10,12,20,27,29,32H,11H2,1-4H3,(H,26,30,33). The molecule has 1 aliphatic rings. The average Bonchev–Trinajstić information content (AvgIpc) is 3.28. The highest BCUT2D eigenvalue weighted by molar-refractivity contribution is 5.83. The number of halogens is 2. The number of carbonyl (C=O) groups excluding carboxylic acids is 1. The molecule has 4 rings (SSSR count). The maximum atomic E-state index is 13.3. The number of aromatic nitrogens is 3. The van der Waals surface area contributed by atoms with Gasteiger partial charge in [-0.05, 0) is 50.6 Å². The molecule has 1 aliphatic heterocycles. The first-order chi connectivity index (χ1) is 16.9. The summed E-state index contributed by atoms with van der Waals surface area (Å²) in [6.45, 7) is 5.62. The molecule has 1 amide bonds. The summed E-state index contributed by atoms with van der Waals surface area (Å²) in [5.41, 5.74) is 0.910. The average molecular weight is 504 g/mol. The van der Waals surface area contributed by atoms with E-state index in [2.05, 4.69) is 35.5 Å². The summed E-state index contributed by atoms with van der Waals surface area (Å²) in [6.07, 6.45) is -2.54. The lowest BCUT2D eigenvalue weighted by Gasteiger charge is -2.19. The van der Waals surface area contributed by atoms with Crippen LogP contribution in [0.25, 0.3) is 0 Å². The number of aliphatic hydroxyl groups is 1. The van der Waals surface area contributed by atoms with E-state index >= 15 is 0 Å². The molecular formula is C23H26F2N6O5. The zero-order valence-electron chi connectivity index (χ0n) is 20.0. The smallest absolute Gasteiger partial charge is 0.444 e. The van der Waals surface area contributed by atoms with Crippen molar-refractivity contribution in [3.8, 4) is 11.5 Å². The van der Waals surface area contributed by atoms with Gasteiger partial charge in [-0.2, -0.15) is 5.10 Å². The van der Waals surface area contributed by atoms with E-state index in [1.165, 1.54) is 24.4 Å². The highest BCUT2D eigenvalue weighted by Crippen LogP contribution is 2.42. The van der Waals surface area contributed by atoms with E-state index in [4.69, 9.17) is 4.74 Å². The Morgan fingerprint density at radius 2 is 1.97 bits per heavy atom. The fraction of sp³-hybridized carbons (Fsp3) is 0.348. The third kappa shape index (κ3) is 6.10. The summed E-state index contributed by atoms with van der Waals surface area (Å²) in [5.74, 6) is 0.599. The quantitative estimate of drug-likeness (QED) is 0.350. The molecule has 0 saturated carbocycles. The molecule has 0 bridgehead atoms. The van der Waals surface area contributed by atoms with Crippen LogP contribution in [0.15, 0.2) is 42.7 Å². The summed E-state index contributed by atoms with van der Waals surface area (Å²) >= 11 is 0. The molecule has 1 aromatic carbocycles. The molecule has 0 radical (unpaired) electrons. The van der Waals surface area contributed by atoms with E-state index in [9.17, 15) is 18.7 Å². The molecule has 36 heavy (non-hydrogen) atoms. The summed E-state index contributed by atoms with van der Waals surface area (Å²) in [7, 11) is 1.70. The van der Waals surface area contributed by atoms with Crippen LogP contribution in [0.5, 0.6) is 11.5 Å². The SMILES string of the molecule is Cn1ncc(C(O)Nc2ccc3c(c2)OC(F)(F)O3)c1NCc1ccnc(NC(=O)OC(C)(C)C)c1. The van der Waals surface area contributed by atoms with Gasteiger partial charge in [-0.1, -0.05) is 0 Å². The summed E-state index contributed by atoms with van der Waals surface area (Å²) in [5, 5.41) is 23.6. The predicted molar refractivity (Wildman–Crippen MR) is 126 cm³/mol. The topological polar surface area (TPSA) is 132 Å². The Kier molecular flexibility index (Phi) is 6.59. The number of nitrogens with one attached hydrogen (secondary N) is 3. The van der Waals surface area contributed by atoms with Gasteiger partial charge in [0.15, 0.2) is 17.7 Å². The van der Waals surface area contributed by atoms with Gasteiger partial charge in [0.05, 0.1) is 11.8 Å². The predicted octanol–water partition coefficient (Wildman–Crippen LogP) is 4.20. The van der Waals surface area contributed by atoms with Crippen molar-refractivity contribution in [1.29, 1.82) is 0 Å². The Balaban J connectivity index is 1.41. The van der Waals surface area contributed by atoms with Gasteiger partial charge in [-0.15, -0.1) is 8.78 Å². The number of carbonyl (C=O) groups is 1. The fourth-order valence-electron chi connectivity index (χ4n) is 3.39. The number of fused-ring (bicyclic) bond motifs is 1. The third-order valence-electron chi connectivity index (χ3n) is 4.88. The number of rotatable bonds is 7. The first-order valence-electron chi connectivity index (χ1n) is 10.9. The monoisotopic (exact) mass is 504 g/mol. The number of amides is 1. The van der Waals surface area contributed by atoms with Crippen LogP contribution in [0.2, 0.25) is 0 Å². The normalized spacial score (nSPS) is 14.8. The molecule has 0 spiro atoms. The number of pyridine rings is 1. The Hall–Kier alpha value is -4.13. The molecule has 3 aromatic rings. The van der Waals surface area contributed by atoms with Gasteiger partial charge in [0.2, 0.25) is 0 Å². The van der Waals surface area contributed by atoms with Crippen molar-refractivity contribution in [2.24, 2.45) is 7.05 Å². The second-order valence-corrected chi connectivity index (χ2v) is 8.98. The van der Waals surface area contributed by atoms with Crippen molar-refractivity contribution >= 4 is 23.4 Å². The number of hydrogen-bond acceptors (Lipinski definition) is 9. The van der Waals surface area contributed by atoms with Gasteiger partial charge >= 0.3 is 12.4 Å². The molecule has 1 atom stereocenters. The van der Waals surface area contributed by atoms with E-state index in [1.807, 2.05) is 0 Å². The van der Waals surface area contributed by atoms with Gasteiger partial charge in [0.25, 0.3) is 0 Å². The van der Waals surface area contributed by atoms with Crippen molar-refractivity contribution < 1.29 is 32.9 Å². The molecule has 2 aromatic heterocycles. The number of hydrogen-bond donors (Lipinski definition) is 4. The van der Waals surface area contributed by atoms with E-state index in [-0.39, 0.29) is 11.5 Å². The summed E-state index contributed by atoms with van der Waals surface area (Å²) in [6, 6.07) is 7.55. The number of nitrogens with zero attached hydrogens (tertiary/aromatic N) is 3. The Morgan fingerprint density at radius 3 is 2.72 bits per heavy atom. The Bertz CT molecular complexity index is 1260. The van der Waals surface area contributed by atoms with Crippen LogP contribution in [0.4, 0.5) is 30.9 Å². The van der Waals surface area contributed by atoms with Crippen LogP contribution in [0.1, 0.15) is 38.1 Å². The Morgan fingerprint density at radius 1 is 1.22 bits per heavy atom. The minimum atomic E-state index is -3.73. The van der Waals surface area contributed by atoms with E-state index in [1.54, 1.807) is 50.8 Å². The maximum Gasteiger partial charge on any atom is 0.586 e. The molecule has 4 N–H and O–H groups in total. The molecular weight excluding hydrogens is 478 g/mol. The van der Waals surface area contributed by atoms with E-state index in [0.717, 1.165) is 5.56 Å². The second-order valence-electron chi connectivity index (χ2n) is 8.98. The van der Waals surface area contributed by atoms with E-state index < -0.39 is 24.2 Å². The van der Waals surface area contributed by atoms with Crippen molar-refractivity contribution in [2.75, 3.05) is 16.0 Å². The molecule has 0 saturated heterocycles. The number of aliphatic hydroxyl groups excluding tert-OH is 1. The van der Waals surface area contributed by atoms with Crippen molar-refractivity contribution in [3.05, 3.63) is 53.9 Å². The second kappa shape index (κ2) is 9.49. The van der Waals surface area contributed by atoms with Crippen LogP contribution in [0, 0.1) is 0 Å². The fourth-order valence-corrected chi connectivity index (χ4v) is 3.39. The number of ether oxygens (including phenoxy) is 3. The van der Waals surface area contributed by atoms with Gasteiger partial charge in [0, 0.05) is 31.5 Å². The minimum Gasteiger partial charge on any atom is -0.444 e. The van der Waals surface area contributed by atoms with Gasteiger partial charge in [-0.25, -0.2) is 9.78 Å². The molecule has 3 heterocycles. The lowest BCUT2D eigenvalue weighted by Crippen LogP contribution is -2.27. The van der Waals surface area contributed by atoms with Crippen molar-refractivity contribution in [3.63, 3.8) is 0 Å². The third-order valence-corrected chi connectivity index (χ3v) is 4.88. The zero-order valence-corrected chi connectivity index (χ0v) is 20.0. The van der Waals surface area contributed by atoms with E-state index in [0.29, 0.717) is 29.4 Å². The number of alkyl halides is 2. The molecule has 0 fully saturated rings. The maximum absolute atomic E-state index is 13.3. The summed E-state index contributed by atoms with van der Waals surface area (Å²) in [4.78, 5) is 16.1. The van der Waals surface area contributed by atoms with Crippen LogP contribution < -0.4 is 25.4 Å². The molecule has 192 valence electrons. The highest BCUT2D eigenvalue weighted by Gasteiger charge is 2.43. The van der Waals surface area contributed by atoms with Crippen LogP contribution >= 0.6 is 0 Å². The lowest BCUT2D eigenvalue weighted by atomic mass is 10.2. The lowest BCUT2D eigenvalue weighted by molar-refractivity contribution is -0.286. The van der Waals surface area contributed by atoms with Crippen LogP contribution in [-0.4, -0.2) is 37.9 Å². The van der Waals surface area contributed by atoms with Gasteiger partial charge in [0.1, 0.15) is 17.2 Å².